The van der Waals surface area contributed by atoms with Crippen molar-refractivity contribution in [1.82, 2.24) is 15.2 Å². The number of carbonyl (C=O) groups excluding carboxylic acids is 1. The molecule has 4 heterocycles. The highest BCUT2D eigenvalue weighted by molar-refractivity contribution is 7.08. The zero-order chi connectivity index (χ0) is 19.6. The van der Waals surface area contributed by atoms with Crippen LogP contribution in [-0.4, -0.2) is 42.2 Å². The number of aromatic nitrogens is 1. The second kappa shape index (κ2) is 8.00. The van der Waals surface area contributed by atoms with Crippen molar-refractivity contribution in [2.75, 3.05) is 26.4 Å². The molecule has 6 nitrogen and oxygen atoms in total. The third-order valence-electron chi connectivity index (χ3n) is 5.45. The summed E-state index contributed by atoms with van der Waals surface area (Å²) >= 11 is 1.67. The average molecular weight is 410 g/mol. The number of nitrogens with one attached hydrogen (secondary N) is 1. The Morgan fingerprint density at radius 2 is 2.10 bits per heavy atom. The van der Waals surface area contributed by atoms with E-state index >= 15 is 0 Å². The molecule has 150 valence electrons. The number of hydrogen-bond donors (Lipinski definition) is 1. The van der Waals surface area contributed by atoms with Gasteiger partial charge >= 0.3 is 0 Å². The first-order valence-corrected chi connectivity index (χ1v) is 11.0. The molecule has 29 heavy (non-hydrogen) atoms. The first-order chi connectivity index (χ1) is 14.3. The van der Waals surface area contributed by atoms with E-state index in [1.807, 2.05) is 17.0 Å². The van der Waals surface area contributed by atoms with Crippen LogP contribution < -0.4 is 14.8 Å². The molecule has 0 radical (unpaired) electrons. The third kappa shape index (κ3) is 3.80. The number of amides is 1. The SMILES string of the molecule is O=C1CCCN1CCCNCc1cc2cc3c(cc2nc1-c1ccsc1)OCO3. The number of nitrogens with zero attached hydrogens (tertiary/aromatic N) is 2. The lowest BCUT2D eigenvalue weighted by molar-refractivity contribution is -0.127. The summed E-state index contributed by atoms with van der Waals surface area (Å²) in [5, 5.41) is 8.78. The van der Waals surface area contributed by atoms with Crippen molar-refractivity contribution >= 4 is 28.1 Å². The van der Waals surface area contributed by atoms with E-state index in [9.17, 15) is 4.79 Å². The largest absolute Gasteiger partial charge is 0.454 e. The smallest absolute Gasteiger partial charge is 0.231 e. The molecule has 0 unspecified atom stereocenters. The monoisotopic (exact) mass is 409 g/mol. The van der Waals surface area contributed by atoms with Crippen LogP contribution in [0.1, 0.15) is 24.8 Å². The molecule has 0 spiro atoms. The van der Waals surface area contributed by atoms with Crippen LogP contribution in [0.25, 0.3) is 22.2 Å². The number of fused-ring (bicyclic) bond motifs is 2. The number of rotatable bonds is 7. The first-order valence-electron chi connectivity index (χ1n) is 10.0. The molecule has 5 rings (SSSR count). The van der Waals surface area contributed by atoms with Gasteiger partial charge in [0.05, 0.1) is 11.2 Å². The maximum Gasteiger partial charge on any atom is 0.231 e. The van der Waals surface area contributed by atoms with Crippen molar-refractivity contribution in [3.05, 3.63) is 40.6 Å². The quantitative estimate of drug-likeness (QED) is 0.602. The lowest BCUT2D eigenvalue weighted by Crippen LogP contribution is -2.28. The number of hydrogen-bond acceptors (Lipinski definition) is 6. The van der Waals surface area contributed by atoms with E-state index in [1.54, 1.807) is 11.3 Å². The fourth-order valence-electron chi connectivity index (χ4n) is 3.95. The Bertz CT molecular complexity index is 1040. The Balaban J connectivity index is 1.33. The highest BCUT2D eigenvalue weighted by Crippen LogP contribution is 2.37. The van der Waals surface area contributed by atoms with Crippen LogP contribution in [0.2, 0.25) is 0 Å². The van der Waals surface area contributed by atoms with Crippen LogP contribution in [0, 0.1) is 0 Å². The summed E-state index contributed by atoms with van der Waals surface area (Å²) in [6.45, 7) is 3.61. The van der Waals surface area contributed by atoms with E-state index in [0.29, 0.717) is 12.3 Å². The number of ether oxygens (including phenoxy) is 2. The summed E-state index contributed by atoms with van der Waals surface area (Å²) in [6, 6.07) is 8.25. The van der Waals surface area contributed by atoms with Gasteiger partial charge in [0.2, 0.25) is 12.7 Å². The molecule has 1 aromatic carbocycles. The van der Waals surface area contributed by atoms with Gasteiger partial charge in [-0.3, -0.25) is 4.79 Å². The number of pyridine rings is 1. The zero-order valence-corrected chi connectivity index (χ0v) is 17.0. The van der Waals surface area contributed by atoms with Crippen LogP contribution in [0.5, 0.6) is 11.5 Å². The Kier molecular flexibility index (Phi) is 5.08. The summed E-state index contributed by atoms with van der Waals surface area (Å²) in [5.41, 5.74) is 4.20. The summed E-state index contributed by atoms with van der Waals surface area (Å²) in [5.74, 6) is 1.82. The predicted octanol–water partition coefficient (Wildman–Crippen LogP) is 3.79. The van der Waals surface area contributed by atoms with Gasteiger partial charge in [-0.05, 0) is 48.5 Å². The molecule has 3 aromatic rings. The lowest BCUT2D eigenvalue weighted by atomic mass is 10.0. The Hall–Kier alpha value is -2.64. The second-order valence-corrected chi connectivity index (χ2v) is 8.20. The van der Waals surface area contributed by atoms with Gasteiger partial charge in [-0.2, -0.15) is 11.3 Å². The average Bonchev–Trinajstić information content (AvgIpc) is 3.48. The molecule has 1 saturated heterocycles. The number of benzene rings is 1. The molecule has 1 N–H and O–H groups in total. The van der Waals surface area contributed by atoms with E-state index in [0.717, 1.165) is 78.2 Å². The van der Waals surface area contributed by atoms with Gasteiger partial charge in [0.15, 0.2) is 11.5 Å². The maximum atomic E-state index is 11.7. The predicted molar refractivity (Wildman–Crippen MR) is 113 cm³/mol. The molecule has 1 amide bonds. The van der Waals surface area contributed by atoms with Gasteiger partial charge < -0.3 is 19.7 Å². The van der Waals surface area contributed by atoms with Crippen LogP contribution in [0.3, 0.4) is 0 Å². The van der Waals surface area contributed by atoms with Gasteiger partial charge in [0.1, 0.15) is 0 Å². The summed E-state index contributed by atoms with van der Waals surface area (Å²) in [7, 11) is 0. The van der Waals surface area contributed by atoms with Crippen LogP contribution in [0.4, 0.5) is 0 Å². The molecule has 0 atom stereocenters. The first kappa shape index (κ1) is 18.4. The van der Waals surface area contributed by atoms with E-state index in [-0.39, 0.29) is 6.79 Å². The van der Waals surface area contributed by atoms with Gasteiger partial charge in [0, 0.05) is 48.5 Å². The minimum absolute atomic E-state index is 0.261. The Morgan fingerprint density at radius 3 is 2.90 bits per heavy atom. The molecule has 2 aliphatic rings. The van der Waals surface area contributed by atoms with Gasteiger partial charge in [0.25, 0.3) is 0 Å². The normalized spacial score (nSPS) is 15.6. The Morgan fingerprint density at radius 1 is 1.21 bits per heavy atom. The van der Waals surface area contributed by atoms with Gasteiger partial charge in [-0.25, -0.2) is 4.98 Å². The van der Waals surface area contributed by atoms with Crippen LogP contribution >= 0.6 is 11.3 Å². The van der Waals surface area contributed by atoms with Crippen molar-refractivity contribution in [3.8, 4) is 22.8 Å². The zero-order valence-electron chi connectivity index (χ0n) is 16.1. The molecule has 2 aromatic heterocycles. The van der Waals surface area contributed by atoms with Crippen molar-refractivity contribution in [3.63, 3.8) is 0 Å². The molecule has 0 aliphatic carbocycles. The maximum absolute atomic E-state index is 11.7. The molecule has 0 bridgehead atoms. The van der Waals surface area contributed by atoms with Crippen molar-refractivity contribution in [2.45, 2.75) is 25.8 Å². The van der Waals surface area contributed by atoms with Crippen molar-refractivity contribution < 1.29 is 14.3 Å². The summed E-state index contributed by atoms with van der Waals surface area (Å²) in [6.07, 6.45) is 2.66. The van der Waals surface area contributed by atoms with Crippen molar-refractivity contribution in [2.24, 2.45) is 0 Å². The fraction of sp³-hybridized carbons (Fsp3) is 0.364. The van der Waals surface area contributed by atoms with E-state index in [2.05, 4.69) is 28.2 Å². The highest BCUT2D eigenvalue weighted by Gasteiger charge is 2.19. The minimum atomic E-state index is 0.261. The Labute approximate surface area is 173 Å². The standard InChI is InChI=1S/C22H23N3O3S/c26-21-3-1-6-25(21)7-2-5-23-12-17-9-16-10-19-20(28-14-27-19)11-18(16)24-22(17)15-4-8-29-13-15/h4,8-11,13,23H,1-3,5-7,12,14H2. The number of thiophene rings is 1. The molecular formula is C22H23N3O3S. The van der Waals surface area contributed by atoms with Crippen molar-refractivity contribution in [1.29, 1.82) is 0 Å². The fourth-order valence-corrected chi connectivity index (χ4v) is 4.59. The minimum Gasteiger partial charge on any atom is -0.454 e. The van der Waals surface area contributed by atoms with Gasteiger partial charge in [-0.15, -0.1) is 0 Å². The van der Waals surface area contributed by atoms with Gasteiger partial charge in [-0.1, -0.05) is 0 Å². The third-order valence-corrected chi connectivity index (χ3v) is 6.13. The summed E-state index contributed by atoms with van der Waals surface area (Å²) in [4.78, 5) is 18.6. The molecule has 0 saturated carbocycles. The highest BCUT2D eigenvalue weighted by atomic mass is 32.1. The molecule has 1 fully saturated rings. The number of carbonyl (C=O) groups is 1. The lowest BCUT2D eigenvalue weighted by Gasteiger charge is -2.16. The van der Waals surface area contributed by atoms with E-state index in [1.165, 1.54) is 0 Å². The van der Waals surface area contributed by atoms with Crippen LogP contribution in [-0.2, 0) is 11.3 Å². The molecule has 7 heteroatoms. The van der Waals surface area contributed by atoms with E-state index in [4.69, 9.17) is 14.5 Å². The number of likely N-dealkylation sites (tertiary alicyclic amines) is 1. The summed E-state index contributed by atoms with van der Waals surface area (Å²) < 4.78 is 11.0. The second-order valence-electron chi connectivity index (χ2n) is 7.42. The molecule has 2 aliphatic heterocycles. The van der Waals surface area contributed by atoms with E-state index < -0.39 is 0 Å². The van der Waals surface area contributed by atoms with Crippen LogP contribution in [0.15, 0.2) is 35.0 Å². The molecular weight excluding hydrogens is 386 g/mol. The topological polar surface area (TPSA) is 63.7 Å².